The fraction of sp³-hybridized carbons (Fsp3) is 0.316. The lowest BCUT2D eigenvalue weighted by Crippen LogP contribution is -2.50. The highest BCUT2D eigenvalue weighted by atomic mass is 35.5. The van der Waals surface area contributed by atoms with Gasteiger partial charge < -0.3 is 9.64 Å². The van der Waals surface area contributed by atoms with E-state index in [-0.39, 0.29) is 30.3 Å². The number of carbonyl (C=O) groups excluding carboxylic acids is 1. The normalized spacial score (nSPS) is 15.6. The quantitative estimate of drug-likeness (QED) is 0.762. The molecule has 0 spiro atoms. The molecule has 1 heterocycles. The largest absolute Gasteiger partial charge is 0.497 e. The minimum atomic E-state index is -3.57. The average Bonchev–Trinajstić information content (AvgIpc) is 2.70. The van der Waals surface area contributed by atoms with Crippen molar-refractivity contribution in [2.75, 3.05) is 33.3 Å². The first kappa shape index (κ1) is 19.7. The predicted octanol–water partition coefficient (Wildman–Crippen LogP) is 2.42. The van der Waals surface area contributed by atoms with Gasteiger partial charge in [-0.1, -0.05) is 23.7 Å². The highest BCUT2D eigenvalue weighted by Gasteiger charge is 2.30. The van der Waals surface area contributed by atoms with Gasteiger partial charge in [-0.15, -0.1) is 0 Å². The fourth-order valence-electron chi connectivity index (χ4n) is 2.96. The average molecular weight is 409 g/mol. The highest BCUT2D eigenvalue weighted by Crippen LogP contribution is 2.21. The minimum absolute atomic E-state index is 0.0150. The van der Waals surface area contributed by atoms with E-state index in [0.29, 0.717) is 23.9 Å². The first-order valence-electron chi connectivity index (χ1n) is 8.56. The molecule has 8 heteroatoms. The van der Waals surface area contributed by atoms with E-state index in [2.05, 4.69) is 0 Å². The molecule has 1 fully saturated rings. The topological polar surface area (TPSA) is 66.9 Å². The summed E-state index contributed by atoms with van der Waals surface area (Å²) in [4.78, 5) is 14.4. The van der Waals surface area contributed by atoms with Gasteiger partial charge in [-0.25, -0.2) is 8.42 Å². The monoisotopic (exact) mass is 408 g/mol. The molecule has 2 aromatic rings. The Morgan fingerprint density at radius 3 is 2.15 bits per heavy atom. The van der Waals surface area contributed by atoms with Gasteiger partial charge in [-0.3, -0.25) is 4.79 Å². The van der Waals surface area contributed by atoms with Crippen LogP contribution in [0.1, 0.15) is 5.56 Å². The van der Waals surface area contributed by atoms with Crippen molar-refractivity contribution in [1.29, 1.82) is 0 Å². The van der Waals surface area contributed by atoms with Gasteiger partial charge in [-0.2, -0.15) is 4.31 Å². The van der Waals surface area contributed by atoms with Gasteiger partial charge in [0.25, 0.3) is 0 Å². The number of amides is 1. The molecular formula is C19H21ClN2O4S. The van der Waals surface area contributed by atoms with Crippen molar-refractivity contribution in [3.63, 3.8) is 0 Å². The first-order valence-corrected chi connectivity index (χ1v) is 10.4. The summed E-state index contributed by atoms with van der Waals surface area (Å²) in [5.74, 6) is 0.588. The minimum Gasteiger partial charge on any atom is -0.497 e. The van der Waals surface area contributed by atoms with Gasteiger partial charge in [0.15, 0.2) is 0 Å². The van der Waals surface area contributed by atoms with Gasteiger partial charge in [-0.05, 0) is 42.0 Å². The second kappa shape index (κ2) is 8.29. The maximum Gasteiger partial charge on any atom is 0.243 e. The van der Waals surface area contributed by atoms with Crippen molar-refractivity contribution >= 4 is 27.5 Å². The zero-order chi connectivity index (χ0) is 19.4. The van der Waals surface area contributed by atoms with Crippen LogP contribution in [0.3, 0.4) is 0 Å². The maximum absolute atomic E-state index is 12.8. The van der Waals surface area contributed by atoms with Crippen LogP contribution in [0.15, 0.2) is 53.4 Å². The Hall–Kier alpha value is -2.09. The number of nitrogens with zero attached hydrogens (tertiary/aromatic N) is 2. The summed E-state index contributed by atoms with van der Waals surface area (Å²) in [5.41, 5.74) is 0.887. The Kier molecular flexibility index (Phi) is 6.04. The number of ether oxygens (including phenoxy) is 1. The van der Waals surface area contributed by atoms with Crippen molar-refractivity contribution in [3.8, 4) is 5.75 Å². The van der Waals surface area contributed by atoms with Crippen LogP contribution in [0.4, 0.5) is 0 Å². The molecular weight excluding hydrogens is 388 g/mol. The molecule has 0 saturated carbocycles. The van der Waals surface area contributed by atoms with Gasteiger partial charge in [0.05, 0.1) is 18.4 Å². The van der Waals surface area contributed by atoms with E-state index < -0.39 is 10.0 Å². The summed E-state index contributed by atoms with van der Waals surface area (Å²) in [6.07, 6.45) is 0.280. The molecule has 1 saturated heterocycles. The molecule has 0 aromatic heterocycles. The zero-order valence-corrected chi connectivity index (χ0v) is 16.5. The number of hydrogen-bond donors (Lipinski definition) is 0. The number of piperazine rings is 1. The molecule has 3 rings (SSSR count). The molecule has 1 aliphatic heterocycles. The summed E-state index contributed by atoms with van der Waals surface area (Å²) in [6, 6.07) is 13.5. The molecule has 2 aromatic carbocycles. The molecule has 1 amide bonds. The SMILES string of the molecule is COc1ccc(S(=O)(=O)N2CCN(C(=O)Cc3ccc(Cl)cc3)CC2)cc1. The molecule has 0 atom stereocenters. The van der Waals surface area contributed by atoms with Crippen molar-refractivity contribution in [3.05, 3.63) is 59.1 Å². The Labute approximate surface area is 164 Å². The van der Waals surface area contributed by atoms with Gasteiger partial charge >= 0.3 is 0 Å². The standard InChI is InChI=1S/C19H21ClN2O4S/c1-26-17-6-8-18(9-7-17)27(24,25)22-12-10-21(11-13-22)19(23)14-15-2-4-16(20)5-3-15/h2-9H,10-14H2,1H3. The molecule has 0 N–H and O–H groups in total. The smallest absolute Gasteiger partial charge is 0.243 e. The van der Waals surface area contributed by atoms with E-state index in [1.54, 1.807) is 29.2 Å². The number of sulfonamides is 1. The van der Waals surface area contributed by atoms with Crippen molar-refractivity contribution in [2.24, 2.45) is 0 Å². The number of halogens is 1. The summed E-state index contributed by atoms with van der Waals surface area (Å²) in [6.45, 7) is 1.31. The summed E-state index contributed by atoms with van der Waals surface area (Å²) in [7, 11) is -2.04. The van der Waals surface area contributed by atoms with E-state index in [1.807, 2.05) is 12.1 Å². The van der Waals surface area contributed by atoms with E-state index in [9.17, 15) is 13.2 Å². The summed E-state index contributed by atoms with van der Waals surface area (Å²) < 4.78 is 32.0. The summed E-state index contributed by atoms with van der Waals surface area (Å²) in [5, 5.41) is 0.628. The summed E-state index contributed by atoms with van der Waals surface area (Å²) >= 11 is 5.86. The van der Waals surface area contributed by atoms with Crippen LogP contribution < -0.4 is 4.74 Å². The molecule has 0 unspecified atom stereocenters. The molecule has 27 heavy (non-hydrogen) atoms. The van der Waals surface area contributed by atoms with E-state index in [1.165, 1.54) is 23.5 Å². The number of hydrogen-bond acceptors (Lipinski definition) is 4. The van der Waals surface area contributed by atoms with Crippen LogP contribution in [0.25, 0.3) is 0 Å². The second-order valence-corrected chi connectivity index (χ2v) is 8.64. The highest BCUT2D eigenvalue weighted by molar-refractivity contribution is 7.89. The van der Waals surface area contributed by atoms with Crippen molar-refractivity contribution in [1.82, 2.24) is 9.21 Å². The Morgan fingerprint density at radius 1 is 1.00 bits per heavy atom. The van der Waals surface area contributed by atoms with Crippen LogP contribution >= 0.6 is 11.6 Å². The third-order valence-corrected chi connectivity index (χ3v) is 6.72. The molecule has 0 aliphatic carbocycles. The van der Waals surface area contributed by atoms with Crippen LogP contribution in [0, 0.1) is 0 Å². The van der Waals surface area contributed by atoms with Crippen molar-refractivity contribution in [2.45, 2.75) is 11.3 Å². The van der Waals surface area contributed by atoms with E-state index >= 15 is 0 Å². The molecule has 1 aliphatic rings. The van der Waals surface area contributed by atoms with E-state index in [0.717, 1.165) is 5.56 Å². The second-order valence-electron chi connectivity index (χ2n) is 6.26. The number of benzene rings is 2. The van der Waals surface area contributed by atoms with Gasteiger partial charge in [0, 0.05) is 31.2 Å². The molecule has 0 bridgehead atoms. The lowest BCUT2D eigenvalue weighted by atomic mass is 10.1. The Balaban J connectivity index is 1.60. The first-order chi connectivity index (χ1) is 12.9. The van der Waals surface area contributed by atoms with Gasteiger partial charge in [0.2, 0.25) is 15.9 Å². The maximum atomic E-state index is 12.8. The van der Waals surface area contributed by atoms with Gasteiger partial charge in [0.1, 0.15) is 5.75 Å². The molecule has 144 valence electrons. The fourth-order valence-corrected chi connectivity index (χ4v) is 4.51. The van der Waals surface area contributed by atoms with Crippen LogP contribution in [-0.2, 0) is 21.2 Å². The third-order valence-electron chi connectivity index (χ3n) is 4.56. The molecule has 6 nitrogen and oxygen atoms in total. The third kappa shape index (κ3) is 4.61. The Bertz CT molecular complexity index is 890. The number of carbonyl (C=O) groups is 1. The van der Waals surface area contributed by atoms with Crippen molar-refractivity contribution < 1.29 is 17.9 Å². The lowest BCUT2D eigenvalue weighted by Gasteiger charge is -2.34. The number of rotatable bonds is 5. The molecule has 0 radical (unpaired) electrons. The lowest BCUT2D eigenvalue weighted by molar-refractivity contribution is -0.131. The van der Waals surface area contributed by atoms with E-state index in [4.69, 9.17) is 16.3 Å². The van der Waals surface area contributed by atoms with Crippen LogP contribution in [0.2, 0.25) is 5.02 Å². The van der Waals surface area contributed by atoms with Crippen LogP contribution in [-0.4, -0.2) is 56.8 Å². The number of methoxy groups -OCH3 is 1. The van der Waals surface area contributed by atoms with Crippen LogP contribution in [0.5, 0.6) is 5.75 Å². The predicted molar refractivity (Wildman–Crippen MR) is 103 cm³/mol. The Morgan fingerprint density at radius 2 is 1.59 bits per heavy atom. The zero-order valence-electron chi connectivity index (χ0n) is 15.0.